The number of imidazole rings is 1. The molecule has 43 heavy (non-hydrogen) atoms. The molecule has 230 valence electrons. The second kappa shape index (κ2) is 10.9. The number of H-pyrrole nitrogens is 1. The van der Waals surface area contributed by atoms with E-state index in [1.807, 2.05) is 0 Å². The molecule has 0 bridgehead atoms. The fourth-order valence-corrected chi connectivity index (χ4v) is 5.15. The number of aliphatic hydroxyl groups excluding tert-OH is 1. The predicted octanol–water partition coefficient (Wildman–Crippen LogP) is 7.24. The van der Waals surface area contributed by atoms with E-state index >= 15 is 0 Å². The molecule has 0 unspecified atom stereocenters. The van der Waals surface area contributed by atoms with Gasteiger partial charge in [0.05, 0.1) is 28.3 Å². The number of nitrogens with zero attached hydrogens (tertiary/aromatic N) is 4. The number of aromatic nitrogens is 3. The highest BCUT2D eigenvalue weighted by Crippen LogP contribution is 2.40. The van der Waals surface area contributed by atoms with Crippen LogP contribution in [0.25, 0.3) is 22.2 Å². The summed E-state index contributed by atoms with van der Waals surface area (Å²) in [4.78, 5) is 14.2. The van der Waals surface area contributed by atoms with Gasteiger partial charge in [-0.3, -0.25) is 0 Å². The third-order valence-corrected chi connectivity index (χ3v) is 7.36. The number of alkyl halides is 6. The van der Waals surface area contributed by atoms with Crippen molar-refractivity contribution < 1.29 is 44.6 Å². The summed E-state index contributed by atoms with van der Waals surface area (Å²) in [5, 5.41) is 10.0. The summed E-state index contributed by atoms with van der Waals surface area (Å²) in [6.07, 6.45) is -9.32. The zero-order chi connectivity index (χ0) is 31.4. The van der Waals surface area contributed by atoms with Crippen LogP contribution in [0.1, 0.15) is 43.1 Å². The number of aromatic amines is 1. The molecule has 3 heterocycles. The number of hydrogen-bond donors (Lipinski definition) is 2. The summed E-state index contributed by atoms with van der Waals surface area (Å²) in [6.45, 7) is 3.43. The number of piperazine rings is 1. The second-order valence-electron chi connectivity index (χ2n) is 10.3. The van der Waals surface area contributed by atoms with Gasteiger partial charge in [0.25, 0.3) is 0 Å². The van der Waals surface area contributed by atoms with Crippen molar-refractivity contribution in [1.82, 2.24) is 15.0 Å². The van der Waals surface area contributed by atoms with Crippen LogP contribution >= 0.6 is 0 Å². The molecular weight excluding hydrogens is 593 g/mol. The third kappa shape index (κ3) is 5.82. The molecule has 2 atom stereocenters. The Hall–Kier alpha value is -4.01. The number of aliphatic hydroxyl groups is 1. The minimum atomic E-state index is -4.84. The Morgan fingerprint density at radius 1 is 0.977 bits per heavy atom. The maximum atomic E-state index is 14.0. The van der Waals surface area contributed by atoms with Crippen LogP contribution in [0.2, 0.25) is 0 Å². The van der Waals surface area contributed by atoms with Gasteiger partial charge in [0, 0.05) is 37.4 Å². The van der Waals surface area contributed by atoms with Gasteiger partial charge in [-0.05, 0) is 54.8 Å². The van der Waals surface area contributed by atoms with Gasteiger partial charge < -0.3 is 19.9 Å². The topological polar surface area (TPSA) is 68.3 Å². The fourth-order valence-electron chi connectivity index (χ4n) is 5.15. The molecule has 4 aromatic rings. The predicted molar refractivity (Wildman–Crippen MR) is 140 cm³/mol. The Kier molecular flexibility index (Phi) is 7.73. The normalized spacial score (nSPS) is 17.2. The minimum absolute atomic E-state index is 0.0256. The quantitative estimate of drug-likeness (QED) is 0.183. The largest absolute Gasteiger partial charge is 0.419 e. The van der Waals surface area contributed by atoms with Crippen molar-refractivity contribution in [3.05, 3.63) is 70.7 Å². The first kappa shape index (κ1) is 30.4. The van der Waals surface area contributed by atoms with Crippen LogP contribution in [0, 0.1) is 17.5 Å². The molecule has 1 saturated heterocycles. The van der Waals surface area contributed by atoms with E-state index in [0.29, 0.717) is 18.2 Å². The minimum Gasteiger partial charge on any atom is -0.388 e. The molecule has 1 aliphatic heterocycles. The lowest BCUT2D eigenvalue weighted by Gasteiger charge is -2.41. The van der Waals surface area contributed by atoms with Gasteiger partial charge in [0.15, 0.2) is 17.5 Å². The molecular formula is C28H24F9N5O. The lowest BCUT2D eigenvalue weighted by Crippen LogP contribution is -2.53. The third-order valence-electron chi connectivity index (χ3n) is 7.36. The monoisotopic (exact) mass is 617 g/mol. The smallest absolute Gasteiger partial charge is 0.388 e. The molecule has 0 saturated carbocycles. The standard InChI is InChI=1S/C28H24F9N5O/c1-3-22(43)15-6-18(28(35,36)37)25(38-11-15)41-4-5-42(13(2)12-41)26-39-21-10-16(27(32,33)34)9-17(24(21)40-26)14-7-19(29)23(31)20(30)8-14/h6-11,13,22,43H,3-5,12H2,1-2H3,(H,39,40)/t13-,22-/m1/s1. The summed E-state index contributed by atoms with van der Waals surface area (Å²) in [5.74, 6) is -5.21. The summed E-state index contributed by atoms with van der Waals surface area (Å²) in [5.41, 5.74) is -2.99. The van der Waals surface area contributed by atoms with E-state index in [9.17, 15) is 44.6 Å². The van der Waals surface area contributed by atoms with Gasteiger partial charge in [-0.25, -0.2) is 23.1 Å². The van der Waals surface area contributed by atoms with Crippen LogP contribution in [0.15, 0.2) is 36.5 Å². The SMILES string of the molecule is CC[C@@H](O)c1cnc(N2CCN(c3nc4c(-c5cc(F)c(F)c(F)c5)cc(C(F)(F)F)cc4[nH]3)[C@H](C)C2)c(C(F)(F)F)c1. The molecule has 0 radical (unpaired) electrons. The van der Waals surface area contributed by atoms with E-state index < -0.39 is 53.1 Å². The Bertz CT molecular complexity index is 1640. The summed E-state index contributed by atoms with van der Waals surface area (Å²) in [6, 6.07) is 2.91. The Morgan fingerprint density at radius 2 is 1.65 bits per heavy atom. The van der Waals surface area contributed by atoms with Crippen LogP contribution in [0.5, 0.6) is 0 Å². The number of anilines is 2. The van der Waals surface area contributed by atoms with Gasteiger partial charge in [-0.1, -0.05) is 6.92 Å². The van der Waals surface area contributed by atoms with Crippen molar-refractivity contribution in [2.75, 3.05) is 29.4 Å². The van der Waals surface area contributed by atoms with E-state index in [0.717, 1.165) is 12.1 Å². The number of nitrogens with one attached hydrogen (secondary N) is 1. The number of rotatable bonds is 5. The van der Waals surface area contributed by atoms with Crippen molar-refractivity contribution in [3.63, 3.8) is 0 Å². The average molecular weight is 618 g/mol. The lowest BCUT2D eigenvalue weighted by atomic mass is 10.0. The maximum absolute atomic E-state index is 14.0. The highest BCUT2D eigenvalue weighted by Gasteiger charge is 2.39. The van der Waals surface area contributed by atoms with Crippen LogP contribution in [0.4, 0.5) is 51.3 Å². The van der Waals surface area contributed by atoms with Crippen molar-refractivity contribution in [2.24, 2.45) is 0 Å². The molecule has 15 heteroatoms. The van der Waals surface area contributed by atoms with Crippen LogP contribution < -0.4 is 9.80 Å². The van der Waals surface area contributed by atoms with Gasteiger partial charge in [0.2, 0.25) is 5.95 Å². The van der Waals surface area contributed by atoms with Gasteiger partial charge in [0.1, 0.15) is 5.82 Å². The van der Waals surface area contributed by atoms with Crippen LogP contribution in [-0.4, -0.2) is 45.7 Å². The van der Waals surface area contributed by atoms with E-state index in [-0.39, 0.29) is 65.5 Å². The number of fused-ring (bicyclic) bond motifs is 1. The Labute approximate surface area is 238 Å². The second-order valence-corrected chi connectivity index (χ2v) is 10.3. The molecule has 6 nitrogen and oxygen atoms in total. The van der Waals surface area contributed by atoms with E-state index in [2.05, 4.69) is 15.0 Å². The Balaban J connectivity index is 1.51. The van der Waals surface area contributed by atoms with Crippen LogP contribution in [-0.2, 0) is 12.4 Å². The number of hydrogen-bond acceptors (Lipinski definition) is 5. The van der Waals surface area contributed by atoms with Gasteiger partial charge in [-0.15, -0.1) is 0 Å². The number of halogens is 9. The first-order chi connectivity index (χ1) is 20.1. The molecule has 2 aromatic heterocycles. The molecule has 1 aliphatic rings. The molecule has 0 amide bonds. The highest BCUT2D eigenvalue weighted by molar-refractivity contribution is 5.94. The van der Waals surface area contributed by atoms with Gasteiger partial charge >= 0.3 is 12.4 Å². The molecule has 2 N–H and O–H groups in total. The van der Waals surface area contributed by atoms with E-state index in [1.165, 1.54) is 11.1 Å². The molecule has 0 spiro atoms. The van der Waals surface area contributed by atoms with E-state index in [4.69, 9.17) is 0 Å². The zero-order valence-corrected chi connectivity index (χ0v) is 22.6. The number of pyridine rings is 1. The van der Waals surface area contributed by atoms with Crippen molar-refractivity contribution >= 4 is 22.8 Å². The van der Waals surface area contributed by atoms with Gasteiger partial charge in [-0.2, -0.15) is 26.3 Å². The first-order valence-electron chi connectivity index (χ1n) is 13.1. The van der Waals surface area contributed by atoms with Crippen molar-refractivity contribution in [3.8, 4) is 11.1 Å². The molecule has 1 fully saturated rings. The highest BCUT2D eigenvalue weighted by atomic mass is 19.4. The summed E-state index contributed by atoms with van der Waals surface area (Å²) < 4.78 is 125. The molecule has 0 aliphatic carbocycles. The van der Waals surface area contributed by atoms with E-state index in [1.54, 1.807) is 18.7 Å². The van der Waals surface area contributed by atoms with Crippen LogP contribution in [0.3, 0.4) is 0 Å². The fraction of sp³-hybridized carbons (Fsp3) is 0.357. The first-order valence-corrected chi connectivity index (χ1v) is 13.1. The maximum Gasteiger partial charge on any atom is 0.419 e. The zero-order valence-electron chi connectivity index (χ0n) is 22.6. The lowest BCUT2D eigenvalue weighted by molar-refractivity contribution is -0.138. The van der Waals surface area contributed by atoms with Crippen molar-refractivity contribution in [1.29, 1.82) is 0 Å². The van der Waals surface area contributed by atoms with Crippen molar-refractivity contribution in [2.45, 2.75) is 44.8 Å². The molecule has 5 rings (SSSR count). The summed E-state index contributed by atoms with van der Waals surface area (Å²) in [7, 11) is 0. The number of benzene rings is 2. The summed E-state index contributed by atoms with van der Waals surface area (Å²) >= 11 is 0. The average Bonchev–Trinajstić information content (AvgIpc) is 3.37. The Morgan fingerprint density at radius 3 is 2.23 bits per heavy atom. The molecule has 2 aromatic carbocycles.